The third-order valence-electron chi connectivity index (χ3n) is 9.54. The van der Waals surface area contributed by atoms with Crippen molar-refractivity contribution in [3.05, 3.63) is 36.0 Å². The number of carbonyl (C=O) groups is 7. The average molecular weight is 740 g/mol. The lowest BCUT2D eigenvalue weighted by Gasteiger charge is -2.30. The van der Waals surface area contributed by atoms with Gasteiger partial charge in [0.25, 0.3) is 0 Å². The Morgan fingerprint density at radius 1 is 0.887 bits per heavy atom. The number of nitrogens with two attached hydrogens (primary N) is 1. The Morgan fingerprint density at radius 3 is 2.25 bits per heavy atom. The minimum Gasteiger partial charge on any atom is -0.481 e. The molecule has 0 saturated carbocycles. The van der Waals surface area contributed by atoms with E-state index in [-0.39, 0.29) is 38.1 Å². The van der Waals surface area contributed by atoms with Crippen LogP contribution in [0.4, 0.5) is 0 Å². The van der Waals surface area contributed by atoms with Crippen molar-refractivity contribution in [1.82, 2.24) is 31.2 Å². The first kappa shape index (κ1) is 40.8. The predicted molar refractivity (Wildman–Crippen MR) is 194 cm³/mol. The fourth-order valence-corrected chi connectivity index (χ4v) is 6.81. The molecule has 6 atom stereocenters. The minimum atomic E-state index is -1.65. The van der Waals surface area contributed by atoms with Gasteiger partial charge in [0, 0.05) is 36.4 Å². The second-order valence-corrected chi connectivity index (χ2v) is 14.7. The molecule has 0 aliphatic carbocycles. The first-order valence-corrected chi connectivity index (χ1v) is 18.4. The van der Waals surface area contributed by atoms with Crippen LogP contribution >= 0.6 is 0 Å². The van der Waals surface area contributed by atoms with Gasteiger partial charge in [-0.1, -0.05) is 52.3 Å². The molecule has 1 aromatic carbocycles. The van der Waals surface area contributed by atoms with Crippen molar-refractivity contribution >= 4 is 52.4 Å². The molecule has 8 N–H and O–H groups in total. The monoisotopic (exact) mass is 739 g/mol. The van der Waals surface area contributed by atoms with Gasteiger partial charge < -0.3 is 46.7 Å². The van der Waals surface area contributed by atoms with E-state index >= 15 is 0 Å². The SMILES string of the molecule is CC(C)C[C@@H]1NC(=O)[C@@H](C(C)C)NC(=O)[C@@H]2C[C@@H](OC(=O)CCCCCN)CN2C(=O)[C@@H](CC(=O)O)NC(=O)[C@@H](Cc2c[nH]c3ccccc23)NC1=O. The van der Waals surface area contributed by atoms with E-state index < -0.39 is 90.1 Å². The predicted octanol–water partition coefficient (Wildman–Crippen LogP) is 0.872. The standard InChI is InChI=1S/C37H53N7O9/c1-20(2)14-26-33(48)40-27(15-22-18-39-25-11-8-7-10-24(22)25)34(49)42-28(17-30(45)46)37(52)44-19-23(53-31(47)12-6-5-9-13-38)16-29(44)35(50)43-32(21(3)4)36(51)41-26/h7-8,10-11,18,20-21,23,26-29,32,39H,5-6,9,12-17,19,38H2,1-4H3,(H,40,48)(H,41,51)(H,42,49)(H,43,50)(H,45,46)/t23-,26+,27-,28-,29+,32-/m1/s1. The zero-order valence-electron chi connectivity index (χ0n) is 30.8. The molecule has 0 radical (unpaired) electrons. The van der Waals surface area contributed by atoms with E-state index in [9.17, 15) is 38.7 Å². The third-order valence-corrected chi connectivity index (χ3v) is 9.54. The number of carboxylic acid groups (broad SMARTS) is 1. The first-order chi connectivity index (χ1) is 25.2. The van der Waals surface area contributed by atoms with Gasteiger partial charge in [-0.3, -0.25) is 33.6 Å². The van der Waals surface area contributed by atoms with Crippen LogP contribution in [-0.2, 0) is 44.7 Å². The van der Waals surface area contributed by atoms with Crippen molar-refractivity contribution in [1.29, 1.82) is 0 Å². The molecule has 16 heteroatoms. The highest BCUT2D eigenvalue weighted by Crippen LogP contribution is 2.25. The number of carbonyl (C=O) groups excluding carboxylic acids is 6. The van der Waals surface area contributed by atoms with Gasteiger partial charge in [-0.15, -0.1) is 0 Å². The maximum Gasteiger partial charge on any atom is 0.306 e. The number of H-pyrrole nitrogens is 1. The highest BCUT2D eigenvalue weighted by molar-refractivity contribution is 5.99. The number of fused-ring (bicyclic) bond motifs is 2. The van der Waals surface area contributed by atoms with E-state index in [1.165, 1.54) is 0 Å². The van der Waals surface area contributed by atoms with Crippen LogP contribution in [0.3, 0.4) is 0 Å². The molecule has 2 aromatic rings. The largest absolute Gasteiger partial charge is 0.481 e. The number of hydrogen-bond acceptors (Lipinski definition) is 9. The summed E-state index contributed by atoms with van der Waals surface area (Å²) in [5.41, 5.74) is 7.00. The third kappa shape index (κ3) is 11.0. The molecule has 1 aromatic heterocycles. The molecule has 0 unspecified atom stereocenters. The van der Waals surface area contributed by atoms with Crippen molar-refractivity contribution in [2.75, 3.05) is 13.1 Å². The number of para-hydroxylation sites is 1. The Kier molecular flexibility index (Phi) is 14.4. The van der Waals surface area contributed by atoms with Crippen LogP contribution < -0.4 is 27.0 Å². The number of rotatable bonds is 13. The van der Waals surface area contributed by atoms with Crippen LogP contribution in [0.25, 0.3) is 10.9 Å². The Hall–Kier alpha value is -4.99. The Balaban J connectivity index is 1.73. The van der Waals surface area contributed by atoms with Crippen LogP contribution in [0.5, 0.6) is 0 Å². The van der Waals surface area contributed by atoms with Gasteiger partial charge in [0.1, 0.15) is 36.3 Å². The smallest absolute Gasteiger partial charge is 0.306 e. The number of aromatic nitrogens is 1. The number of nitrogens with one attached hydrogen (secondary N) is 5. The molecule has 16 nitrogen and oxygen atoms in total. The van der Waals surface area contributed by atoms with E-state index in [0.717, 1.165) is 28.6 Å². The summed E-state index contributed by atoms with van der Waals surface area (Å²) >= 11 is 0. The van der Waals surface area contributed by atoms with Crippen molar-refractivity contribution in [3.8, 4) is 0 Å². The number of carboxylic acids is 1. The molecule has 3 heterocycles. The van der Waals surface area contributed by atoms with E-state index in [0.29, 0.717) is 18.5 Å². The van der Waals surface area contributed by atoms with E-state index in [1.54, 1.807) is 20.0 Å². The topological polar surface area (TPSA) is 242 Å². The van der Waals surface area contributed by atoms with Gasteiger partial charge >= 0.3 is 11.9 Å². The quantitative estimate of drug-likeness (QED) is 0.113. The zero-order valence-corrected chi connectivity index (χ0v) is 30.8. The summed E-state index contributed by atoms with van der Waals surface area (Å²) in [6.07, 6.45) is 2.12. The van der Waals surface area contributed by atoms with Crippen LogP contribution in [0.15, 0.2) is 30.5 Å². The summed E-state index contributed by atoms with van der Waals surface area (Å²) in [5, 5.41) is 21.4. The number of esters is 1. The molecule has 2 fully saturated rings. The van der Waals surface area contributed by atoms with Gasteiger partial charge in [-0.2, -0.15) is 0 Å². The van der Waals surface area contributed by atoms with Crippen LogP contribution in [0.1, 0.15) is 78.2 Å². The first-order valence-electron chi connectivity index (χ1n) is 18.4. The second-order valence-electron chi connectivity index (χ2n) is 14.7. The van der Waals surface area contributed by atoms with Crippen molar-refractivity contribution < 1.29 is 43.4 Å². The molecule has 2 aliphatic rings. The summed E-state index contributed by atoms with van der Waals surface area (Å²) in [4.78, 5) is 99.0. The summed E-state index contributed by atoms with van der Waals surface area (Å²) in [7, 11) is 0. The average Bonchev–Trinajstić information content (AvgIpc) is 3.71. The zero-order chi connectivity index (χ0) is 38.8. The number of hydrogen-bond donors (Lipinski definition) is 7. The number of nitrogens with zero attached hydrogens (tertiary/aromatic N) is 1. The summed E-state index contributed by atoms with van der Waals surface area (Å²) in [6, 6.07) is 0.910. The molecular weight excluding hydrogens is 686 g/mol. The van der Waals surface area contributed by atoms with Crippen molar-refractivity contribution in [2.24, 2.45) is 17.6 Å². The van der Waals surface area contributed by atoms with Crippen LogP contribution in [0.2, 0.25) is 0 Å². The summed E-state index contributed by atoms with van der Waals surface area (Å²) in [6.45, 7) is 7.41. The summed E-state index contributed by atoms with van der Waals surface area (Å²) < 4.78 is 5.66. The maximum absolute atomic E-state index is 14.2. The van der Waals surface area contributed by atoms with Crippen LogP contribution in [0, 0.1) is 11.8 Å². The van der Waals surface area contributed by atoms with E-state index in [1.807, 2.05) is 38.1 Å². The number of aliphatic carboxylic acids is 1. The fraction of sp³-hybridized carbons (Fsp3) is 0.595. The number of amides is 5. The highest BCUT2D eigenvalue weighted by atomic mass is 16.5. The van der Waals surface area contributed by atoms with Gasteiger partial charge in [-0.05, 0) is 49.3 Å². The van der Waals surface area contributed by atoms with Gasteiger partial charge in [0.15, 0.2) is 0 Å². The lowest BCUT2D eigenvalue weighted by molar-refractivity contribution is -0.149. The molecule has 2 aliphatic heterocycles. The molecule has 4 rings (SSSR count). The Bertz CT molecular complexity index is 1660. The Labute approximate surface area is 308 Å². The molecule has 53 heavy (non-hydrogen) atoms. The maximum atomic E-state index is 14.2. The number of unbranched alkanes of at least 4 members (excludes halogenated alkanes) is 2. The van der Waals surface area contributed by atoms with E-state index in [4.69, 9.17) is 10.5 Å². The van der Waals surface area contributed by atoms with Crippen LogP contribution in [-0.4, -0.2) is 106 Å². The lowest BCUT2D eigenvalue weighted by atomic mass is 9.98. The molecule has 0 spiro atoms. The normalized spacial score (nSPS) is 24.6. The van der Waals surface area contributed by atoms with Crippen molar-refractivity contribution in [3.63, 3.8) is 0 Å². The van der Waals surface area contributed by atoms with Crippen molar-refractivity contribution in [2.45, 2.75) is 115 Å². The lowest BCUT2D eigenvalue weighted by Crippen LogP contribution is -2.59. The second kappa shape index (κ2) is 18.7. The number of aromatic amines is 1. The fourth-order valence-electron chi connectivity index (χ4n) is 6.81. The van der Waals surface area contributed by atoms with Gasteiger partial charge in [-0.25, -0.2) is 0 Å². The molecule has 2 saturated heterocycles. The minimum absolute atomic E-state index is 0.0395. The molecule has 290 valence electrons. The Morgan fingerprint density at radius 2 is 1.57 bits per heavy atom. The molecule has 0 bridgehead atoms. The molecular formula is C37H53N7O9. The van der Waals surface area contributed by atoms with E-state index in [2.05, 4.69) is 26.3 Å². The van der Waals surface area contributed by atoms with Gasteiger partial charge in [0.2, 0.25) is 29.5 Å². The highest BCUT2D eigenvalue weighted by Gasteiger charge is 2.45. The van der Waals surface area contributed by atoms with Gasteiger partial charge in [0.05, 0.1) is 13.0 Å². The number of ether oxygens (including phenoxy) is 1. The summed E-state index contributed by atoms with van der Waals surface area (Å²) in [5.74, 6) is -6.20. The molecule has 5 amide bonds. The number of benzene rings is 1.